The molecular formula is C22H25N5. The predicted molar refractivity (Wildman–Crippen MR) is 109 cm³/mol. The minimum atomic E-state index is 0.629. The molecule has 0 unspecified atom stereocenters. The minimum absolute atomic E-state index is 0.629. The second-order valence-corrected chi connectivity index (χ2v) is 7.85. The molecule has 1 saturated carbocycles. The highest BCUT2D eigenvalue weighted by molar-refractivity contribution is 5.90. The van der Waals surface area contributed by atoms with Crippen LogP contribution in [0.4, 0.5) is 11.8 Å². The summed E-state index contributed by atoms with van der Waals surface area (Å²) in [6, 6.07) is 14.3. The van der Waals surface area contributed by atoms with Crippen molar-refractivity contribution in [3.63, 3.8) is 0 Å². The number of benzene rings is 1. The molecule has 2 aliphatic heterocycles. The molecule has 5 heteroatoms. The lowest BCUT2D eigenvalue weighted by molar-refractivity contribution is 0.326. The van der Waals surface area contributed by atoms with Gasteiger partial charge in [-0.1, -0.05) is 18.2 Å². The molecule has 0 radical (unpaired) electrons. The first-order valence-corrected chi connectivity index (χ1v) is 10.0. The zero-order chi connectivity index (χ0) is 18.1. The molecule has 5 nitrogen and oxygen atoms in total. The maximum absolute atomic E-state index is 4.95. The minimum Gasteiger partial charge on any atom is -0.355 e. The molecule has 0 atom stereocenters. The molecule has 138 valence electrons. The summed E-state index contributed by atoms with van der Waals surface area (Å²) in [5.74, 6) is 3.39. The zero-order valence-electron chi connectivity index (χ0n) is 15.5. The van der Waals surface area contributed by atoms with Gasteiger partial charge in [0.25, 0.3) is 0 Å². The number of anilines is 2. The van der Waals surface area contributed by atoms with Crippen LogP contribution in [0.3, 0.4) is 0 Å². The maximum atomic E-state index is 4.95. The van der Waals surface area contributed by atoms with E-state index in [1.54, 1.807) is 0 Å². The summed E-state index contributed by atoms with van der Waals surface area (Å²) in [6.07, 6.45) is 7.30. The molecule has 0 spiro atoms. The van der Waals surface area contributed by atoms with Crippen LogP contribution in [-0.2, 0) is 6.54 Å². The van der Waals surface area contributed by atoms with Crippen molar-refractivity contribution in [1.29, 1.82) is 0 Å². The number of fused-ring (bicyclic) bond motifs is 5. The van der Waals surface area contributed by atoms with Crippen molar-refractivity contribution in [1.82, 2.24) is 15.0 Å². The molecule has 6 rings (SSSR count). The summed E-state index contributed by atoms with van der Waals surface area (Å²) in [4.78, 5) is 16.6. The van der Waals surface area contributed by atoms with E-state index in [0.717, 1.165) is 47.3 Å². The number of hydrogen-bond donors (Lipinski definition) is 1. The van der Waals surface area contributed by atoms with Gasteiger partial charge in [0.2, 0.25) is 5.95 Å². The van der Waals surface area contributed by atoms with Gasteiger partial charge in [0, 0.05) is 24.7 Å². The highest BCUT2D eigenvalue weighted by Gasteiger charge is 2.30. The van der Waals surface area contributed by atoms with Crippen molar-refractivity contribution in [2.24, 2.45) is 11.8 Å². The van der Waals surface area contributed by atoms with E-state index in [-0.39, 0.29) is 0 Å². The molecule has 4 heterocycles. The summed E-state index contributed by atoms with van der Waals surface area (Å²) in [5.41, 5.74) is 1.99. The Morgan fingerprint density at radius 3 is 2.37 bits per heavy atom. The Morgan fingerprint density at radius 1 is 0.889 bits per heavy atom. The van der Waals surface area contributed by atoms with Gasteiger partial charge in [-0.15, -0.1) is 0 Å². The van der Waals surface area contributed by atoms with Crippen LogP contribution in [0.15, 0.2) is 48.7 Å². The van der Waals surface area contributed by atoms with E-state index in [9.17, 15) is 0 Å². The number of aromatic nitrogens is 3. The first kappa shape index (κ1) is 16.5. The third kappa shape index (κ3) is 3.46. The number of para-hydroxylation sites is 1. The zero-order valence-corrected chi connectivity index (χ0v) is 15.5. The van der Waals surface area contributed by atoms with Crippen molar-refractivity contribution >= 4 is 22.7 Å². The molecule has 3 aliphatic rings. The quantitative estimate of drug-likeness (QED) is 0.754. The lowest BCUT2D eigenvalue weighted by Crippen LogP contribution is -2.29. The molecule has 1 aliphatic carbocycles. The summed E-state index contributed by atoms with van der Waals surface area (Å²) < 4.78 is 0. The van der Waals surface area contributed by atoms with Crippen LogP contribution >= 0.6 is 0 Å². The second kappa shape index (κ2) is 7.14. The Morgan fingerprint density at radius 2 is 1.63 bits per heavy atom. The van der Waals surface area contributed by atoms with Crippen molar-refractivity contribution in [2.45, 2.75) is 32.2 Å². The summed E-state index contributed by atoms with van der Waals surface area (Å²) >= 11 is 0. The van der Waals surface area contributed by atoms with Gasteiger partial charge in [-0.05, 0) is 61.8 Å². The van der Waals surface area contributed by atoms with Crippen LogP contribution in [-0.4, -0.2) is 28.0 Å². The number of hydrogen-bond acceptors (Lipinski definition) is 5. The normalized spacial score (nSPS) is 22.0. The Kier molecular flexibility index (Phi) is 4.36. The lowest BCUT2D eigenvalue weighted by Gasteiger charge is -2.25. The van der Waals surface area contributed by atoms with Crippen molar-refractivity contribution in [2.75, 3.05) is 23.3 Å². The van der Waals surface area contributed by atoms with Crippen LogP contribution in [0.2, 0.25) is 0 Å². The molecule has 2 bridgehead atoms. The average molecular weight is 359 g/mol. The van der Waals surface area contributed by atoms with Crippen molar-refractivity contribution < 1.29 is 0 Å². The Labute approximate surface area is 159 Å². The summed E-state index contributed by atoms with van der Waals surface area (Å²) in [5, 5.41) is 4.53. The fourth-order valence-corrected chi connectivity index (χ4v) is 4.52. The third-order valence-corrected chi connectivity index (χ3v) is 5.96. The first-order valence-electron chi connectivity index (χ1n) is 10.0. The molecule has 3 aromatic rings. The number of rotatable bonds is 4. The number of pyridine rings is 1. The van der Waals surface area contributed by atoms with Gasteiger partial charge in [-0.3, -0.25) is 4.98 Å². The van der Waals surface area contributed by atoms with Gasteiger partial charge < -0.3 is 10.2 Å². The van der Waals surface area contributed by atoms with E-state index < -0.39 is 0 Å². The van der Waals surface area contributed by atoms with E-state index >= 15 is 0 Å². The van der Waals surface area contributed by atoms with E-state index in [1.807, 2.05) is 30.5 Å². The second-order valence-electron chi connectivity index (χ2n) is 7.85. The first-order chi connectivity index (χ1) is 13.3. The lowest BCUT2D eigenvalue weighted by atomic mass is 9.84. The Bertz CT molecular complexity index is 904. The van der Waals surface area contributed by atoms with Gasteiger partial charge >= 0.3 is 0 Å². The van der Waals surface area contributed by atoms with Gasteiger partial charge in [-0.2, -0.15) is 4.98 Å². The Hall–Kier alpha value is -2.69. The number of nitrogens with one attached hydrogen (secondary N) is 1. The molecule has 1 aromatic carbocycles. The maximum Gasteiger partial charge on any atom is 0.225 e. The molecule has 27 heavy (non-hydrogen) atoms. The number of nitrogens with zero attached hydrogens (tertiary/aromatic N) is 4. The van der Waals surface area contributed by atoms with Crippen LogP contribution < -0.4 is 10.2 Å². The van der Waals surface area contributed by atoms with E-state index in [4.69, 9.17) is 9.97 Å². The fourth-order valence-electron chi connectivity index (χ4n) is 4.52. The largest absolute Gasteiger partial charge is 0.355 e. The van der Waals surface area contributed by atoms with Gasteiger partial charge in [-0.25, -0.2) is 4.98 Å². The monoisotopic (exact) mass is 359 g/mol. The summed E-state index contributed by atoms with van der Waals surface area (Å²) in [7, 11) is 0. The topological polar surface area (TPSA) is 53.9 Å². The van der Waals surface area contributed by atoms with Crippen LogP contribution in [0.5, 0.6) is 0 Å². The average Bonchev–Trinajstić information content (AvgIpc) is 3.06. The highest BCUT2D eigenvalue weighted by Crippen LogP contribution is 2.37. The van der Waals surface area contributed by atoms with Crippen LogP contribution in [0.25, 0.3) is 10.9 Å². The van der Waals surface area contributed by atoms with Gasteiger partial charge in [0.05, 0.1) is 17.8 Å². The van der Waals surface area contributed by atoms with Crippen LogP contribution in [0.1, 0.15) is 31.4 Å². The fraction of sp³-hybridized carbons (Fsp3) is 0.409. The highest BCUT2D eigenvalue weighted by atomic mass is 15.2. The molecule has 2 aromatic heterocycles. The van der Waals surface area contributed by atoms with Crippen molar-refractivity contribution in [3.05, 3.63) is 54.4 Å². The van der Waals surface area contributed by atoms with E-state index in [1.165, 1.54) is 25.7 Å². The summed E-state index contributed by atoms with van der Waals surface area (Å²) in [6.45, 7) is 2.87. The molecule has 0 amide bonds. The molecule has 3 fully saturated rings. The smallest absolute Gasteiger partial charge is 0.225 e. The van der Waals surface area contributed by atoms with E-state index in [0.29, 0.717) is 12.5 Å². The van der Waals surface area contributed by atoms with Crippen LogP contribution in [0, 0.1) is 11.8 Å². The van der Waals surface area contributed by atoms with Gasteiger partial charge in [0.1, 0.15) is 5.82 Å². The SMILES string of the molecule is c1ccc(CNc2nc(N3CC4CCC(CC4)C3)c3ccccc3n2)nc1. The molecular weight excluding hydrogens is 334 g/mol. The predicted octanol–water partition coefficient (Wildman–Crippen LogP) is 4.26. The third-order valence-electron chi connectivity index (χ3n) is 5.96. The molecule has 2 saturated heterocycles. The standard InChI is InChI=1S/C22H25N5/c1-2-7-20-19(6-1)21(27-14-16-8-9-17(15-27)11-10-16)26-22(25-20)24-13-18-5-3-4-12-23-18/h1-7,12,16-17H,8-11,13-15H2,(H,24,25,26). The molecule has 1 N–H and O–H groups in total. The Balaban J connectivity index is 1.48. The van der Waals surface area contributed by atoms with E-state index in [2.05, 4.69) is 33.4 Å². The van der Waals surface area contributed by atoms with Crippen molar-refractivity contribution in [3.8, 4) is 0 Å². The van der Waals surface area contributed by atoms with Gasteiger partial charge in [0.15, 0.2) is 0 Å².